The number of ether oxygens (including phenoxy) is 1. The number of aliphatic hydroxyl groups is 1. The standard InChI is InChI=1S/C26H18Cl2N2O3S2/c27-17-8-10-18(11-9-17)33-23-7-3-6-22(29-23)26(16-12-13-34-15-16)14-20(31)24(25(32)30-26)35-21-5-2-1-4-19(21)28/h1-13,15,31H,14H2,(H,30,32). The third kappa shape index (κ3) is 4.90. The SMILES string of the molecule is O=C1NC(c2ccsc2)(c2cccc(Oc3ccc(Cl)cc3)n2)CC(O)=C1Sc1ccccc1Cl. The predicted octanol–water partition coefficient (Wildman–Crippen LogP) is 7.57. The first-order chi connectivity index (χ1) is 16.9. The van der Waals surface area contributed by atoms with Crippen LogP contribution in [0.5, 0.6) is 11.6 Å². The molecule has 3 heterocycles. The first kappa shape index (κ1) is 23.8. The van der Waals surface area contributed by atoms with E-state index in [1.165, 1.54) is 11.3 Å². The van der Waals surface area contributed by atoms with Gasteiger partial charge < -0.3 is 15.2 Å². The Morgan fingerprint density at radius 3 is 2.54 bits per heavy atom. The quantitative estimate of drug-likeness (QED) is 0.264. The fourth-order valence-corrected chi connectivity index (χ4v) is 5.79. The van der Waals surface area contributed by atoms with Crippen LogP contribution in [0.3, 0.4) is 0 Å². The highest BCUT2D eigenvalue weighted by molar-refractivity contribution is 8.04. The van der Waals surface area contributed by atoms with E-state index in [-0.39, 0.29) is 17.1 Å². The lowest BCUT2D eigenvalue weighted by atomic mass is 9.82. The molecule has 0 saturated heterocycles. The summed E-state index contributed by atoms with van der Waals surface area (Å²) in [5.41, 5.74) is 0.301. The smallest absolute Gasteiger partial charge is 0.262 e. The van der Waals surface area contributed by atoms with Crippen molar-refractivity contribution >= 4 is 52.2 Å². The fourth-order valence-electron chi connectivity index (χ4n) is 3.82. The molecule has 5 nitrogen and oxygen atoms in total. The van der Waals surface area contributed by atoms with Gasteiger partial charge in [-0.2, -0.15) is 11.3 Å². The van der Waals surface area contributed by atoms with Gasteiger partial charge in [0.05, 0.1) is 10.7 Å². The van der Waals surface area contributed by atoms with E-state index in [1.54, 1.807) is 42.5 Å². The Morgan fingerprint density at radius 2 is 1.83 bits per heavy atom. The molecule has 1 amide bonds. The normalized spacial score (nSPS) is 17.8. The molecule has 35 heavy (non-hydrogen) atoms. The zero-order valence-corrected chi connectivity index (χ0v) is 21.2. The number of pyridine rings is 1. The lowest BCUT2D eigenvalue weighted by Gasteiger charge is -2.37. The first-order valence-electron chi connectivity index (χ1n) is 10.6. The molecule has 4 aromatic rings. The summed E-state index contributed by atoms with van der Waals surface area (Å²) in [5, 5.41) is 19.2. The van der Waals surface area contributed by atoms with Gasteiger partial charge in [-0.15, -0.1) is 0 Å². The van der Waals surface area contributed by atoms with Crippen molar-refractivity contribution < 1.29 is 14.6 Å². The minimum Gasteiger partial charge on any atom is -0.511 e. The monoisotopic (exact) mass is 540 g/mol. The Morgan fingerprint density at radius 1 is 1.03 bits per heavy atom. The van der Waals surface area contributed by atoms with E-state index >= 15 is 0 Å². The third-order valence-electron chi connectivity index (χ3n) is 5.49. The van der Waals surface area contributed by atoms with Gasteiger partial charge in [0, 0.05) is 22.4 Å². The highest BCUT2D eigenvalue weighted by atomic mass is 35.5. The van der Waals surface area contributed by atoms with Crippen molar-refractivity contribution in [3.8, 4) is 11.6 Å². The zero-order chi connectivity index (χ0) is 24.4. The van der Waals surface area contributed by atoms with Crippen molar-refractivity contribution in [1.29, 1.82) is 0 Å². The average molecular weight is 541 g/mol. The highest BCUT2D eigenvalue weighted by Crippen LogP contribution is 2.44. The van der Waals surface area contributed by atoms with E-state index in [4.69, 9.17) is 32.9 Å². The highest BCUT2D eigenvalue weighted by Gasteiger charge is 2.44. The molecule has 0 saturated carbocycles. The largest absolute Gasteiger partial charge is 0.511 e. The number of aliphatic hydroxyl groups excluding tert-OH is 1. The van der Waals surface area contributed by atoms with E-state index in [0.29, 0.717) is 32.3 Å². The number of hydrogen-bond acceptors (Lipinski definition) is 6. The molecule has 1 aliphatic heterocycles. The van der Waals surface area contributed by atoms with Gasteiger partial charge in [-0.05, 0) is 64.9 Å². The Hall–Kier alpha value is -2.97. The molecule has 2 aromatic carbocycles. The number of amides is 1. The maximum atomic E-state index is 13.4. The number of carbonyl (C=O) groups excluding carboxylic acids is 1. The lowest BCUT2D eigenvalue weighted by molar-refractivity contribution is -0.119. The van der Waals surface area contributed by atoms with Gasteiger partial charge >= 0.3 is 0 Å². The van der Waals surface area contributed by atoms with Crippen LogP contribution in [0.1, 0.15) is 17.7 Å². The maximum absolute atomic E-state index is 13.4. The van der Waals surface area contributed by atoms with Crippen LogP contribution < -0.4 is 10.1 Å². The molecule has 0 fully saturated rings. The van der Waals surface area contributed by atoms with Crippen molar-refractivity contribution in [1.82, 2.24) is 10.3 Å². The molecule has 0 aliphatic carbocycles. The van der Waals surface area contributed by atoms with Crippen LogP contribution in [0.2, 0.25) is 10.0 Å². The predicted molar refractivity (Wildman–Crippen MR) is 141 cm³/mol. The van der Waals surface area contributed by atoms with E-state index < -0.39 is 11.4 Å². The van der Waals surface area contributed by atoms with Crippen molar-refractivity contribution in [2.75, 3.05) is 0 Å². The molecular weight excluding hydrogens is 523 g/mol. The van der Waals surface area contributed by atoms with Crippen LogP contribution in [0, 0.1) is 0 Å². The second kappa shape index (κ2) is 9.95. The summed E-state index contributed by atoms with van der Waals surface area (Å²) >= 11 is 14.9. The summed E-state index contributed by atoms with van der Waals surface area (Å²) in [6, 6.07) is 21.4. The number of hydrogen-bond donors (Lipinski definition) is 2. The maximum Gasteiger partial charge on any atom is 0.262 e. The van der Waals surface area contributed by atoms with Crippen molar-refractivity contribution in [3.05, 3.63) is 116 Å². The molecule has 1 unspecified atom stereocenters. The second-order valence-corrected chi connectivity index (χ2v) is 10.4. The molecule has 9 heteroatoms. The molecule has 5 rings (SSSR count). The average Bonchev–Trinajstić information content (AvgIpc) is 3.40. The molecular formula is C26H18Cl2N2O3S2. The Bertz CT molecular complexity index is 1410. The minimum atomic E-state index is -1.06. The number of rotatable bonds is 6. The summed E-state index contributed by atoms with van der Waals surface area (Å²) in [7, 11) is 0. The van der Waals surface area contributed by atoms with Crippen molar-refractivity contribution in [2.45, 2.75) is 16.9 Å². The Balaban J connectivity index is 1.52. The second-order valence-electron chi connectivity index (χ2n) is 7.77. The van der Waals surface area contributed by atoms with Crippen LogP contribution >= 0.6 is 46.3 Å². The molecule has 0 radical (unpaired) electrons. The third-order valence-corrected chi connectivity index (χ3v) is 8.07. The van der Waals surface area contributed by atoms with Crippen molar-refractivity contribution in [3.63, 3.8) is 0 Å². The summed E-state index contributed by atoms with van der Waals surface area (Å²) in [5.74, 6) is 0.497. The molecule has 1 aliphatic rings. The topological polar surface area (TPSA) is 71.5 Å². The van der Waals surface area contributed by atoms with Gasteiger partial charge in [-0.25, -0.2) is 4.98 Å². The van der Waals surface area contributed by atoms with E-state index in [1.807, 2.05) is 41.1 Å². The molecule has 0 spiro atoms. The Labute approximate surface area is 220 Å². The number of carbonyl (C=O) groups is 1. The summed E-state index contributed by atoms with van der Waals surface area (Å²) in [6.07, 6.45) is 0.125. The van der Waals surface area contributed by atoms with E-state index in [2.05, 4.69) is 5.32 Å². The first-order valence-corrected chi connectivity index (χ1v) is 13.1. The van der Waals surface area contributed by atoms with Crippen LogP contribution in [-0.2, 0) is 10.3 Å². The number of thiophene rings is 1. The molecule has 2 N–H and O–H groups in total. The van der Waals surface area contributed by atoms with Crippen LogP contribution in [-0.4, -0.2) is 16.0 Å². The van der Waals surface area contributed by atoms with E-state index in [0.717, 1.165) is 17.3 Å². The number of nitrogens with zero attached hydrogens (tertiary/aromatic N) is 1. The van der Waals surface area contributed by atoms with Crippen molar-refractivity contribution in [2.24, 2.45) is 0 Å². The van der Waals surface area contributed by atoms with Gasteiger partial charge in [0.2, 0.25) is 5.88 Å². The molecule has 2 aromatic heterocycles. The zero-order valence-electron chi connectivity index (χ0n) is 18.1. The number of benzene rings is 2. The summed E-state index contributed by atoms with van der Waals surface area (Å²) < 4.78 is 5.92. The number of aromatic nitrogens is 1. The van der Waals surface area contributed by atoms with Gasteiger partial charge in [-0.1, -0.05) is 53.2 Å². The van der Waals surface area contributed by atoms with Crippen LogP contribution in [0.15, 0.2) is 99.1 Å². The fraction of sp³-hybridized carbons (Fsp3) is 0.0769. The Kier molecular flexibility index (Phi) is 6.75. The van der Waals surface area contributed by atoms with Gasteiger partial charge in [0.15, 0.2) is 0 Å². The lowest BCUT2D eigenvalue weighted by Crippen LogP contribution is -2.50. The summed E-state index contributed by atoms with van der Waals surface area (Å²) in [6.45, 7) is 0. The minimum absolute atomic E-state index is 0.0318. The van der Waals surface area contributed by atoms with Gasteiger partial charge in [0.25, 0.3) is 5.91 Å². The van der Waals surface area contributed by atoms with Gasteiger partial charge in [0.1, 0.15) is 22.0 Å². The van der Waals surface area contributed by atoms with E-state index in [9.17, 15) is 9.90 Å². The van der Waals surface area contributed by atoms with Gasteiger partial charge in [-0.3, -0.25) is 4.79 Å². The number of thioether (sulfide) groups is 1. The number of nitrogens with one attached hydrogen (secondary N) is 1. The number of halogens is 2. The molecule has 1 atom stereocenters. The van der Waals surface area contributed by atoms with Crippen LogP contribution in [0.25, 0.3) is 0 Å². The molecule has 0 bridgehead atoms. The van der Waals surface area contributed by atoms with Crippen LogP contribution in [0.4, 0.5) is 0 Å². The summed E-state index contributed by atoms with van der Waals surface area (Å²) in [4.78, 5) is 19.0. The molecule has 176 valence electrons.